The molecule has 1 atom stereocenters. The zero-order chi connectivity index (χ0) is 18.7. The summed E-state index contributed by atoms with van der Waals surface area (Å²) in [6.07, 6.45) is -4.76. The number of nitrogens with zero attached hydrogens (tertiary/aromatic N) is 2. The van der Waals surface area contributed by atoms with Crippen molar-refractivity contribution in [1.29, 1.82) is 0 Å². The van der Waals surface area contributed by atoms with Gasteiger partial charge >= 0.3 is 12.2 Å². The molecule has 0 aliphatic carbocycles. The summed E-state index contributed by atoms with van der Waals surface area (Å²) in [7, 11) is 0. The molecule has 0 saturated carbocycles. The molecule has 1 saturated heterocycles. The maximum atomic E-state index is 12.3. The molecule has 26 heavy (non-hydrogen) atoms. The Morgan fingerprint density at radius 1 is 1.15 bits per heavy atom. The van der Waals surface area contributed by atoms with Crippen molar-refractivity contribution in [3.63, 3.8) is 0 Å². The third-order valence-electron chi connectivity index (χ3n) is 4.01. The average molecular weight is 371 g/mol. The smallest absolute Gasteiger partial charge is 0.406 e. The zero-order valence-electron chi connectivity index (χ0n) is 13.5. The first-order chi connectivity index (χ1) is 12.3. The minimum Gasteiger partial charge on any atom is -0.406 e. The predicted octanol–water partition coefficient (Wildman–Crippen LogP) is 3.08. The molecule has 1 N–H and O–H groups in total. The number of benzene rings is 1. The molecule has 2 heterocycles. The molecule has 10 heteroatoms. The number of hydrogen-bond donors (Lipinski definition) is 1. The van der Waals surface area contributed by atoms with Crippen LogP contribution in [0.4, 0.5) is 19.1 Å². The summed E-state index contributed by atoms with van der Waals surface area (Å²) in [5.74, 6) is -0.342. The number of ether oxygens (including phenoxy) is 1. The normalized spacial score (nSPS) is 17.0. The van der Waals surface area contributed by atoms with Crippen molar-refractivity contribution in [3.05, 3.63) is 57.8 Å². The minimum absolute atomic E-state index is 0.328. The van der Waals surface area contributed by atoms with Crippen molar-refractivity contribution >= 4 is 5.88 Å². The van der Waals surface area contributed by atoms with Gasteiger partial charge in [-0.05, 0) is 23.8 Å². The van der Waals surface area contributed by atoms with Crippen LogP contribution in [0.3, 0.4) is 0 Å². The SMILES string of the molecule is O=[N+]([O-])c1ccc([C@H](c2ccc(OC(F)(F)F)cc2)N2CCNCC2)o1. The van der Waals surface area contributed by atoms with Crippen molar-refractivity contribution in [1.82, 2.24) is 10.2 Å². The number of nitrogens with one attached hydrogen (secondary N) is 1. The van der Waals surface area contributed by atoms with Gasteiger partial charge in [-0.1, -0.05) is 12.1 Å². The quantitative estimate of drug-likeness (QED) is 0.643. The van der Waals surface area contributed by atoms with E-state index in [1.165, 1.54) is 36.4 Å². The molecule has 0 bridgehead atoms. The fourth-order valence-corrected chi connectivity index (χ4v) is 2.93. The second-order valence-electron chi connectivity index (χ2n) is 5.74. The third kappa shape index (κ3) is 4.33. The topological polar surface area (TPSA) is 80.8 Å². The molecule has 7 nitrogen and oxygen atoms in total. The van der Waals surface area contributed by atoms with Crippen LogP contribution in [0.25, 0.3) is 0 Å². The van der Waals surface area contributed by atoms with Gasteiger partial charge in [0.25, 0.3) is 0 Å². The van der Waals surface area contributed by atoms with E-state index in [-0.39, 0.29) is 11.6 Å². The van der Waals surface area contributed by atoms with Gasteiger partial charge in [-0.25, -0.2) is 0 Å². The fourth-order valence-electron chi connectivity index (χ4n) is 2.93. The molecule has 0 amide bonds. The van der Waals surface area contributed by atoms with Gasteiger partial charge in [0.05, 0.1) is 12.1 Å². The second kappa shape index (κ2) is 7.34. The van der Waals surface area contributed by atoms with E-state index in [2.05, 4.69) is 15.0 Å². The lowest BCUT2D eigenvalue weighted by molar-refractivity contribution is -0.402. The van der Waals surface area contributed by atoms with Gasteiger partial charge in [0.1, 0.15) is 16.4 Å². The molecule has 1 aliphatic heterocycles. The molecule has 140 valence electrons. The number of furan rings is 1. The first-order valence-electron chi connectivity index (χ1n) is 7.88. The van der Waals surface area contributed by atoms with Crippen LogP contribution in [0.1, 0.15) is 17.4 Å². The van der Waals surface area contributed by atoms with Crippen LogP contribution in [0.5, 0.6) is 5.75 Å². The lowest BCUT2D eigenvalue weighted by Crippen LogP contribution is -2.45. The van der Waals surface area contributed by atoms with Gasteiger partial charge in [-0.2, -0.15) is 0 Å². The highest BCUT2D eigenvalue weighted by atomic mass is 19.4. The highest BCUT2D eigenvalue weighted by Crippen LogP contribution is 2.33. The van der Waals surface area contributed by atoms with Gasteiger partial charge in [-0.15, -0.1) is 13.2 Å². The summed E-state index contributed by atoms with van der Waals surface area (Å²) >= 11 is 0. The number of hydrogen-bond acceptors (Lipinski definition) is 6. The maximum absolute atomic E-state index is 12.3. The number of alkyl halides is 3. The molecule has 0 spiro atoms. The Balaban J connectivity index is 1.90. The molecule has 1 fully saturated rings. The van der Waals surface area contributed by atoms with Crippen LogP contribution >= 0.6 is 0 Å². The summed E-state index contributed by atoms with van der Waals surface area (Å²) in [5.41, 5.74) is 0.658. The summed E-state index contributed by atoms with van der Waals surface area (Å²) < 4.78 is 46.2. The van der Waals surface area contributed by atoms with Gasteiger partial charge in [0.2, 0.25) is 0 Å². The summed E-state index contributed by atoms with van der Waals surface area (Å²) in [5, 5.41) is 14.1. The van der Waals surface area contributed by atoms with Crippen molar-refractivity contribution < 1.29 is 27.2 Å². The Labute approximate surface area is 146 Å². The molecule has 1 aromatic carbocycles. The molecule has 0 unspecified atom stereocenters. The van der Waals surface area contributed by atoms with Gasteiger partial charge in [0.15, 0.2) is 0 Å². The lowest BCUT2D eigenvalue weighted by Gasteiger charge is -2.34. The van der Waals surface area contributed by atoms with E-state index in [1.807, 2.05) is 0 Å². The van der Waals surface area contributed by atoms with Crippen LogP contribution in [-0.4, -0.2) is 42.4 Å². The lowest BCUT2D eigenvalue weighted by atomic mass is 10.0. The van der Waals surface area contributed by atoms with E-state index in [0.29, 0.717) is 24.4 Å². The molecule has 1 aliphatic rings. The largest absolute Gasteiger partial charge is 0.573 e. The maximum Gasteiger partial charge on any atom is 0.573 e. The Morgan fingerprint density at radius 3 is 2.35 bits per heavy atom. The van der Waals surface area contributed by atoms with E-state index in [4.69, 9.17) is 4.42 Å². The molecule has 0 radical (unpaired) electrons. The number of nitro groups is 1. The van der Waals surface area contributed by atoms with Crippen LogP contribution in [-0.2, 0) is 0 Å². The van der Waals surface area contributed by atoms with Gasteiger partial charge < -0.3 is 14.5 Å². The van der Waals surface area contributed by atoms with Crippen molar-refractivity contribution in [2.75, 3.05) is 26.2 Å². The Morgan fingerprint density at radius 2 is 1.81 bits per heavy atom. The Hall–Kier alpha value is -2.59. The molecule has 1 aromatic heterocycles. The van der Waals surface area contributed by atoms with Crippen molar-refractivity contribution in [3.8, 4) is 5.75 Å². The van der Waals surface area contributed by atoms with Crippen LogP contribution < -0.4 is 10.1 Å². The van der Waals surface area contributed by atoms with Gasteiger partial charge in [0, 0.05) is 26.2 Å². The standard InChI is InChI=1S/C16H16F3N3O4/c17-16(18,19)26-12-3-1-11(2-4-12)15(21-9-7-20-8-10-21)13-5-6-14(25-13)22(23)24/h1-6,15,20H,7-10H2/t15-/m0/s1. The monoisotopic (exact) mass is 371 g/mol. The molecule has 3 rings (SSSR count). The fraction of sp³-hybridized carbons (Fsp3) is 0.375. The number of rotatable bonds is 5. The third-order valence-corrected chi connectivity index (χ3v) is 4.01. The van der Waals surface area contributed by atoms with E-state index in [0.717, 1.165) is 13.1 Å². The van der Waals surface area contributed by atoms with Gasteiger partial charge in [-0.3, -0.25) is 15.0 Å². The molecular weight excluding hydrogens is 355 g/mol. The number of halogens is 3. The van der Waals surface area contributed by atoms with Crippen molar-refractivity contribution in [2.45, 2.75) is 12.4 Å². The Bertz CT molecular complexity index is 755. The average Bonchev–Trinajstić information content (AvgIpc) is 3.06. The van der Waals surface area contributed by atoms with E-state index in [9.17, 15) is 23.3 Å². The highest BCUT2D eigenvalue weighted by Gasteiger charge is 2.32. The first kappa shape index (κ1) is 18.2. The molecular formula is C16H16F3N3O4. The predicted molar refractivity (Wildman–Crippen MR) is 84.8 cm³/mol. The summed E-state index contributed by atoms with van der Waals surface area (Å²) in [6.45, 7) is 2.79. The van der Waals surface area contributed by atoms with E-state index in [1.54, 1.807) is 0 Å². The van der Waals surface area contributed by atoms with Crippen LogP contribution in [0.2, 0.25) is 0 Å². The molecule has 2 aromatic rings. The summed E-state index contributed by atoms with van der Waals surface area (Å²) in [4.78, 5) is 12.3. The Kier molecular flexibility index (Phi) is 5.14. The zero-order valence-corrected chi connectivity index (χ0v) is 13.5. The van der Waals surface area contributed by atoms with E-state index < -0.39 is 17.3 Å². The minimum atomic E-state index is -4.76. The highest BCUT2D eigenvalue weighted by molar-refractivity contribution is 5.34. The first-order valence-corrected chi connectivity index (χ1v) is 7.88. The van der Waals surface area contributed by atoms with E-state index >= 15 is 0 Å². The van der Waals surface area contributed by atoms with Crippen LogP contribution in [0.15, 0.2) is 40.8 Å². The van der Waals surface area contributed by atoms with Crippen LogP contribution in [0, 0.1) is 10.1 Å². The number of piperazine rings is 1. The summed E-state index contributed by atoms with van der Waals surface area (Å²) in [6, 6.07) is 7.79. The second-order valence-corrected chi connectivity index (χ2v) is 5.74. The van der Waals surface area contributed by atoms with Crippen molar-refractivity contribution in [2.24, 2.45) is 0 Å².